The van der Waals surface area contributed by atoms with Gasteiger partial charge in [0.25, 0.3) is 5.56 Å². The lowest BCUT2D eigenvalue weighted by Gasteiger charge is -2.26. The van der Waals surface area contributed by atoms with Gasteiger partial charge in [0, 0.05) is 65.1 Å². The van der Waals surface area contributed by atoms with Crippen LogP contribution in [0.5, 0.6) is 0 Å². The highest BCUT2D eigenvalue weighted by atomic mass is 32.1. The van der Waals surface area contributed by atoms with E-state index in [0.717, 1.165) is 48.7 Å². The first-order valence-corrected chi connectivity index (χ1v) is 10.5. The second kappa shape index (κ2) is 7.04. The standard InChI is InChI=1S/C22H22N4OS/c1-15-17(21(27)26-12-13-28-22(26)24-15)8-11-25-9-6-16(7-10-25)19-14-23-20-5-3-2-4-18(19)20/h2-6,12-14,23H,7-11H2,1H3. The van der Waals surface area contributed by atoms with Gasteiger partial charge in [-0.3, -0.25) is 14.1 Å². The van der Waals surface area contributed by atoms with E-state index >= 15 is 0 Å². The molecular formula is C22H22N4OS. The average molecular weight is 391 g/mol. The Morgan fingerprint density at radius 3 is 3.04 bits per heavy atom. The van der Waals surface area contributed by atoms with Gasteiger partial charge in [-0.05, 0) is 31.4 Å². The van der Waals surface area contributed by atoms with E-state index in [1.807, 2.05) is 18.5 Å². The fourth-order valence-corrected chi connectivity index (χ4v) is 4.82. The molecule has 3 aromatic heterocycles. The molecule has 0 spiro atoms. The SMILES string of the molecule is Cc1nc2sccn2c(=O)c1CCN1CC=C(c2c[nH]c3ccccc23)CC1. The smallest absolute Gasteiger partial charge is 0.261 e. The van der Waals surface area contributed by atoms with E-state index in [1.165, 1.54) is 33.4 Å². The zero-order valence-electron chi connectivity index (χ0n) is 15.8. The number of H-pyrrole nitrogens is 1. The van der Waals surface area contributed by atoms with Crippen LogP contribution in [-0.4, -0.2) is 38.9 Å². The molecule has 0 bridgehead atoms. The predicted molar refractivity (Wildman–Crippen MR) is 115 cm³/mol. The van der Waals surface area contributed by atoms with E-state index < -0.39 is 0 Å². The van der Waals surface area contributed by atoms with Gasteiger partial charge in [0.1, 0.15) is 0 Å². The lowest BCUT2D eigenvalue weighted by Crippen LogP contribution is -2.32. The number of para-hydroxylation sites is 1. The lowest BCUT2D eigenvalue weighted by atomic mass is 9.98. The maximum absolute atomic E-state index is 12.7. The van der Waals surface area contributed by atoms with Crippen molar-refractivity contribution in [3.8, 4) is 0 Å². The highest BCUT2D eigenvalue weighted by Crippen LogP contribution is 2.29. The molecule has 0 saturated heterocycles. The summed E-state index contributed by atoms with van der Waals surface area (Å²) in [5.74, 6) is 0. The first-order chi connectivity index (χ1) is 13.7. The third kappa shape index (κ3) is 2.99. The Balaban J connectivity index is 1.31. The maximum atomic E-state index is 12.7. The summed E-state index contributed by atoms with van der Waals surface area (Å²) in [5.41, 5.74) is 5.69. The molecule has 0 aliphatic carbocycles. The van der Waals surface area contributed by atoms with Crippen LogP contribution < -0.4 is 5.56 Å². The molecule has 5 rings (SSSR count). The maximum Gasteiger partial charge on any atom is 0.261 e. The number of benzene rings is 1. The molecule has 5 nitrogen and oxygen atoms in total. The van der Waals surface area contributed by atoms with E-state index in [-0.39, 0.29) is 5.56 Å². The molecule has 0 radical (unpaired) electrons. The lowest BCUT2D eigenvalue weighted by molar-refractivity contribution is 0.305. The summed E-state index contributed by atoms with van der Waals surface area (Å²) in [6.07, 6.45) is 8.04. The zero-order chi connectivity index (χ0) is 19.1. The molecule has 1 N–H and O–H groups in total. The van der Waals surface area contributed by atoms with E-state index in [4.69, 9.17) is 0 Å². The normalized spacial score (nSPS) is 15.4. The van der Waals surface area contributed by atoms with Gasteiger partial charge in [0.15, 0.2) is 4.96 Å². The van der Waals surface area contributed by atoms with Crippen molar-refractivity contribution in [2.24, 2.45) is 0 Å². The summed E-state index contributed by atoms with van der Waals surface area (Å²) in [5, 5.41) is 3.20. The van der Waals surface area contributed by atoms with E-state index in [0.29, 0.717) is 0 Å². The molecule has 0 amide bonds. The fraction of sp³-hybridized carbons (Fsp3) is 0.273. The summed E-state index contributed by atoms with van der Waals surface area (Å²) >= 11 is 1.50. The van der Waals surface area contributed by atoms with Crippen molar-refractivity contribution in [2.45, 2.75) is 19.8 Å². The Kier molecular flexibility index (Phi) is 4.37. The van der Waals surface area contributed by atoms with Crippen LogP contribution >= 0.6 is 11.3 Å². The van der Waals surface area contributed by atoms with Crippen molar-refractivity contribution < 1.29 is 0 Å². The topological polar surface area (TPSA) is 53.4 Å². The van der Waals surface area contributed by atoms with Gasteiger partial charge in [0.2, 0.25) is 0 Å². The molecule has 4 aromatic rings. The molecule has 0 saturated carbocycles. The van der Waals surface area contributed by atoms with Gasteiger partial charge in [-0.15, -0.1) is 11.3 Å². The van der Waals surface area contributed by atoms with Crippen LogP contribution in [0, 0.1) is 6.92 Å². The summed E-state index contributed by atoms with van der Waals surface area (Å²) in [7, 11) is 0. The van der Waals surface area contributed by atoms with E-state index in [9.17, 15) is 4.79 Å². The third-order valence-corrected chi connectivity index (χ3v) is 6.43. The van der Waals surface area contributed by atoms with Crippen LogP contribution in [0.1, 0.15) is 23.2 Å². The molecule has 142 valence electrons. The van der Waals surface area contributed by atoms with Gasteiger partial charge < -0.3 is 4.98 Å². The van der Waals surface area contributed by atoms with Gasteiger partial charge in [-0.2, -0.15) is 0 Å². The molecule has 1 aromatic carbocycles. The number of hydrogen-bond donors (Lipinski definition) is 1. The number of fused-ring (bicyclic) bond motifs is 2. The van der Waals surface area contributed by atoms with Crippen molar-refractivity contribution in [1.29, 1.82) is 0 Å². The van der Waals surface area contributed by atoms with Crippen LogP contribution in [0.2, 0.25) is 0 Å². The molecule has 28 heavy (non-hydrogen) atoms. The quantitative estimate of drug-likeness (QED) is 0.575. The summed E-state index contributed by atoms with van der Waals surface area (Å²) in [6.45, 7) is 4.76. The monoisotopic (exact) mass is 390 g/mol. The minimum absolute atomic E-state index is 0.0794. The second-order valence-electron chi connectivity index (χ2n) is 7.31. The predicted octanol–water partition coefficient (Wildman–Crippen LogP) is 3.88. The van der Waals surface area contributed by atoms with Crippen molar-refractivity contribution in [1.82, 2.24) is 19.3 Å². The van der Waals surface area contributed by atoms with Gasteiger partial charge in [-0.1, -0.05) is 24.3 Å². The fourth-order valence-electron chi connectivity index (χ4n) is 4.07. The molecule has 0 unspecified atom stereocenters. The Morgan fingerprint density at radius 2 is 2.18 bits per heavy atom. The third-order valence-electron chi connectivity index (χ3n) is 5.67. The first-order valence-electron chi connectivity index (χ1n) is 9.64. The van der Waals surface area contributed by atoms with Crippen LogP contribution in [0.15, 0.2) is 52.9 Å². The number of aryl methyl sites for hydroxylation is 1. The number of nitrogens with zero attached hydrogens (tertiary/aromatic N) is 3. The van der Waals surface area contributed by atoms with Crippen molar-refractivity contribution in [2.75, 3.05) is 19.6 Å². The number of aromatic amines is 1. The number of aromatic nitrogens is 3. The van der Waals surface area contributed by atoms with Crippen molar-refractivity contribution in [3.63, 3.8) is 0 Å². The number of hydrogen-bond acceptors (Lipinski definition) is 4. The highest BCUT2D eigenvalue weighted by Gasteiger charge is 2.17. The summed E-state index contributed by atoms with van der Waals surface area (Å²) in [4.78, 5) is 23.9. The van der Waals surface area contributed by atoms with Gasteiger partial charge >= 0.3 is 0 Å². The Bertz CT molecular complexity index is 1250. The summed E-state index contributed by atoms with van der Waals surface area (Å²) < 4.78 is 1.66. The average Bonchev–Trinajstić information content (AvgIpc) is 3.35. The van der Waals surface area contributed by atoms with Gasteiger partial charge in [-0.25, -0.2) is 4.98 Å². The van der Waals surface area contributed by atoms with Crippen molar-refractivity contribution >= 4 is 32.8 Å². The summed E-state index contributed by atoms with van der Waals surface area (Å²) in [6, 6.07) is 8.45. The molecule has 0 atom stereocenters. The molecule has 1 aliphatic rings. The van der Waals surface area contributed by atoms with Crippen LogP contribution in [0.3, 0.4) is 0 Å². The molecule has 0 fully saturated rings. The minimum Gasteiger partial charge on any atom is -0.361 e. The van der Waals surface area contributed by atoms with Crippen molar-refractivity contribution in [3.05, 3.63) is 75.3 Å². The second-order valence-corrected chi connectivity index (χ2v) is 8.19. The first kappa shape index (κ1) is 17.4. The van der Waals surface area contributed by atoms with Crippen LogP contribution in [0.25, 0.3) is 21.4 Å². The minimum atomic E-state index is 0.0794. The molecule has 4 heterocycles. The zero-order valence-corrected chi connectivity index (χ0v) is 16.6. The molecular weight excluding hydrogens is 368 g/mol. The van der Waals surface area contributed by atoms with E-state index in [1.54, 1.807) is 4.40 Å². The van der Waals surface area contributed by atoms with Crippen LogP contribution in [-0.2, 0) is 6.42 Å². The largest absolute Gasteiger partial charge is 0.361 e. The Labute approximate surface area is 167 Å². The molecule has 6 heteroatoms. The van der Waals surface area contributed by atoms with E-state index in [2.05, 4.69) is 51.4 Å². The van der Waals surface area contributed by atoms with Crippen LogP contribution in [0.4, 0.5) is 0 Å². The number of rotatable bonds is 4. The Hall–Kier alpha value is -2.70. The molecule has 1 aliphatic heterocycles. The Morgan fingerprint density at radius 1 is 1.29 bits per heavy atom. The number of thiazole rings is 1. The van der Waals surface area contributed by atoms with Gasteiger partial charge in [0.05, 0.1) is 0 Å². The highest BCUT2D eigenvalue weighted by molar-refractivity contribution is 7.15. The number of nitrogens with one attached hydrogen (secondary N) is 1.